The third-order valence-corrected chi connectivity index (χ3v) is 1.77. The number of hydrogen-bond acceptors (Lipinski definition) is 2. The number of aliphatic hydroxyl groups excluding tert-OH is 1. The summed E-state index contributed by atoms with van der Waals surface area (Å²) in [6.07, 6.45) is 1.91. The van der Waals surface area contributed by atoms with E-state index in [1.807, 2.05) is 19.9 Å². The number of allylic oxidation sites excluding steroid dienone is 1. The van der Waals surface area contributed by atoms with Gasteiger partial charge in [0.15, 0.2) is 0 Å². The van der Waals surface area contributed by atoms with E-state index in [0.717, 1.165) is 11.1 Å². The Balaban J connectivity index is 2.97. The molecule has 0 aromatic heterocycles. The van der Waals surface area contributed by atoms with Crippen LogP contribution in [-0.2, 0) is 0 Å². The first kappa shape index (κ1) is 11.7. The zero-order valence-corrected chi connectivity index (χ0v) is 8.96. The van der Waals surface area contributed by atoms with Crippen molar-refractivity contribution >= 4 is 6.08 Å². The number of hydrogen-bond donors (Lipinski definition) is 1. The number of benzene rings is 1. The molecule has 0 atom stereocenters. The van der Waals surface area contributed by atoms with Crippen LogP contribution in [0.15, 0.2) is 23.8 Å². The first-order valence-corrected chi connectivity index (χ1v) is 4.81. The summed E-state index contributed by atoms with van der Waals surface area (Å²) in [5.74, 6) is 0.124. The van der Waals surface area contributed by atoms with Crippen molar-refractivity contribution in [2.45, 2.75) is 13.8 Å². The van der Waals surface area contributed by atoms with E-state index in [1.54, 1.807) is 6.07 Å². The van der Waals surface area contributed by atoms with Gasteiger partial charge in [-0.3, -0.25) is 0 Å². The Labute approximate surface area is 89.0 Å². The van der Waals surface area contributed by atoms with Gasteiger partial charge < -0.3 is 9.84 Å². The summed E-state index contributed by atoms with van der Waals surface area (Å²) in [4.78, 5) is 0. The Morgan fingerprint density at radius 1 is 1.47 bits per heavy atom. The predicted molar refractivity (Wildman–Crippen MR) is 58.3 cm³/mol. The van der Waals surface area contributed by atoms with Gasteiger partial charge in [0.25, 0.3) is 0 Å². The topological polar surface area (TPSA) is 29.5 Å². The molecule has 0 saturated carbocycles. The molecular formula is C12H15FO2. The molecule has 2 nitrogen and oxygen atoms in total. The van der Waals surface area contributed by atoms with Crippen LogP contribution in [0, 0.1) is 5.82 Å². The second-order valence-electron chi connectivity index (χ2n) is 3.48. The molecule has 1 N–H and O–H groups in total. The molecule has 0 aliphatic heterocycles. The molecule has 1 aromatic rings. The molecule has 0 unspecified atom stereocenters. The second kappa shape index (κ2) is 5.51. The Hall–Kier alpha value is -1.35. The summed E-state index contributed by atoms with van der Waals surface area (Å²) in [6, 6.07) is 4.38. The summed E-state index contributed by atoms with van der Waals surface area (Å²) in [6.45, 7) is 4.01. The highest BCUT2D eigenvalue weighted by atomic mass is 19.1. The maximum atomic E-state index is 12.9. The van der Waals surface area contributed by atoms with Crippen LogP contribution in [0.1, 0.15) is 19.4 Å². The SMILES string of the molecule is CC(C)=Cc1ccc(F)cc1OCCO. The molecule has 0 bridgehead atoms. The molecule has 0 fully saturated rings. The Bertz CT molecular complexity index is 355. The van der Waals surface area contributed by atoms with Gasteiger partial charge in [-0.1, -0.05) is 11.6 Å². The standard InChI is InChI=1S/C12H15FO2/c1-9(2)7-10-3-4-11(13)8-12(10)15-6-5-14/h3-4,7-8,14H,5-6H2,1-2H3. The highest BCUT2D eigenvalue weighted by molar-refractivity contribution is 5.59. The fraction of sp³-hybridized carbons (Fsp3) is 0.333. The Morgan fingerprint density at radius 2 is 2.20 bits per heavy atom. The minimum absolute atomic E-state index is 0.0786. The number of aliphatic hydroxyl groups is 1. The van der Waals surface area contributed by atoms with E-state index < -0.39 is 0 Å². The molecule has 0 saturated heterocycles. The Kier molecular flexibility index (Phi) is 4.31. The summed E-state index contributed by atoms with van der Waals surface area (Å²) < 4.78 is 18.2. The van der Waals surface area contributed by atoms with E-state index >= 15 is 0 Å². The monoisotopic (exact) mass is 210 g/mol. The molecule has 0 aliphatic rings. The quantitative estimate of drug-likeness (QED) is 0.827. The molecule has 1 rings (SSSR count). The minimum Gasteiger partial charge on any atom is -0.490 e. The molecule has 0 heterocycles. The number of ether oxygens (including phenoxy) is 1. The van der Waals surface area contributed by atoms with E-state index in [-0.39, 0.29) is 19.0 Å². The molecule has 15 heavy (non-hydrogen) atoms. The number of rotatable bonds is 4. The normalized spacial score (nSPS) is 9.87. The average molecular weight is 210 g/mol. The van der Waals surface area contributed by atoms with Crippen LogP contribution in [0.3, 0.4) is 0 Å². The van der Waals surface area contributed by atoms with Crippen LogP contribution in [-0.4, -0.2) is 18.3 Å². The lowest BCUT2D eigenvalue weighted by atomic mass is 10.1. The van der Waals surface area contributed by atoms with Gasteiger partial charge in [0, 0.05) is 11.6 Å². The molecule has 0 spiro atoms. The predicted octanol–water partition coefficient (Wildman–Crippen LogP) is 2.62. The van der Waals surface area contributed by atoms with Crippen molar-refractivity contribution in [3.63, 3.8) is 0 Å². The van der Waals surface area contributed by atoms with Crippen molar-refractivity contribution in [2.24, 2.45) is 0 Å². The summed E-state index contributed by atoms with van der Waals surface area (Å²) >= 11 is 0. The van der Waals surface area contributed by atoms with Gasteiger partial charge in [-0.2, -0.15) is 0 Å². The maximum Gasteiger partial charge on any atom is 0.129 e. The van der Waals surface area contributed by atoms with Crippen LogP contribution in [0.2, 0.25) is 0 Å². The smallest absolute Gasteiger partial charge is 0.129 e. The first-order chi connectivity index (χ1) is 7.13. The minimum atomic E-state index is -0.339. The fourth-order valence-electron chi connectivity index (χ4n) is 1.22. The highest BCUT2D eigenvalue weighted by Crippen LogP contribution is 2.22. The largest absolute Gasteiger partial charge is 0.490 e. The van der Waals surface area contributed by atoms with Gasteiger partial charge in [-0.15, -0.1) is 0 Å². The number of halogens is 1. The summed E-state index contributed by atoms with van der Waals surface area (Å²) in [5, 5.41) is 8.64. The van der Waals surface area contributed by atoms with Gasteiger partial charge in [-0.25, -0.2) is 4.39 Å². The van der Waals surface area contributed by atoms with Crippen LogP contribution >= 0.6 is 0 Å². The van der Waals surface area contributed by atoms with Gasteiger partial charge in [0.1, 0.15) is 18.2 Å². The fourth-order valence-corrected chi connectivity index (χ4v) is 1.22. The maximum absolute atomic E-state index is 12.9. The molecular weight excluding hydrogens is 195 g/mol. The van der Waals surface area contributed by atoms with Crippen molar-refractivity contribution in [2.75, 3.05) is 13.2 Å². The van der Waals surface area contributed by atoms with Gasteiger partial charge in [0.2, 0.25) is 0 Å². The zero-order valence-electron chi connectivity index (χ0n) is 8.96. The van der Waals surface area contributed by atoms with Crippen LogP contribution in [0.5, 0.6) is 5.75 Å². The molecule has 0 aliphatic carbocycles. The van der Waals surface area contributed by atoms with Crippen molar-refractivity contribution < 1.29 is 14.2 Å². The van der Waals surface area contributed by atoms with Gasteiger partial charge in [0.05, 0.1) is 6.61 Å². The average Bonchev–Trinajstić information content (AvgIpc) is 2.18. The molecule has 0 amide bonds. The lowest BCUT2D eigenvalue weighted by Gasteiger charge is -2.08. The molecule has 3 heteroatoms. The van der Waals surface area contributed by atoms with Gasteiger partial charge in [-0.05, 0) is 26.0 Å². The summed E-state index contributed by atoms with van der Waals surface area (Å²) in [7, 11) is 0. The van der Waals surface area contributed by atoms with Crippen molar-refractivity contribution in [1.29, 1.82) is 0 Å². The van der Waals surface area contributed by atoms with E-state index in [2.05, 4.69) is 0 Å². The van der Waals surface area contributed by atoms with Crippen molar-refractivity contribution in [1.82, 2.24) is 0 Å². The molecule has 0 radical (unpaired) electrons. The zero-order chi connectivity index (χ0) is 11.3. The summed E-state index contributed by atoms with van der Waals surface area (Å²) in [5.41, 5.74) is 1.93. The highest BCUT2D eigenvalue weighted by Gasteiger charge is 2.03. The Morgan fingerprint density at radius 3 is 2.80 bits per heavy atom. The van der Waals surface area contributed by atoms with E-state index in [4.69, 9.17) is 9.84 Å². The van der Waals surface area contributed by atoms with E-state index in [9.17, 15) is 4.39 Å². The molecule has 82 valence electrons. The van der Waals surface area contributed by atoms with Crippen molar-refractivity contribution in [3.8, 4) is 5.75 Å². The third kappa shape index (κ3) is 3.72. The second-order valence-corrected chi connectivity index (χ2v) is 3.48. The lowest BCUT2D eigenvalue weighted by molar-refractivity contribution is 0.200. The van der Waals surface area contributed by atoms with Gasteiger partial charge >= 0.3 is 0 Å². The van der Waals surface area contributed by atoms with E-state index in [0.29, 0.717) is 5.75 Å². The molecule has 1 aromatic carbocycles. The van der Waals surface area contributed by atoms with Crippen LogP contribution < -0.4 is 4.74 Å². The van der Waals surface area contributed by atoms with Crippen molar-refractivity contribution in [3.05, 3.63) is 35.2 Å². The lowest BCUT2D eigenvalue weighted by Crippen LogP contribution is -2.03. The first-order valence-electron chi connectivity index (χ1n) is 4.81. The third-order valence-electron chi connectivity index (χ3n) is 1.77. The van der Waals surface area contributed by atoms with Crippen LogP contribution in [0.4, 0.5) is 4.39 Å². The van der Waals surface area contributed by atoms with E-state index in [1.165, 1.54) is 12.1 Å². The van der Waals surface area contributed by atoms with Crippen LogP contribution in [0.25, 0.3) is 6.08 Å².